The number of anilines is 2. The minimum Gasteiger partial charge on any atom is -0.454 e. The van der Waals surface area contributed by atoms with Crippen LogP contribution >= 0.6 is 0 Å². The Balaban J connectivity index is 1.57. The Labute approximate surface area is 168 Å². The van der Waals surface area contributed by atoms with Gasteiger partial charge in [0.1, 0.15) is 6.54 Å². The monoisotopic (exact) mass is 394 g/mol. The molecule has 0 fully saturated rings. The molecule has 1 aliphatic heterocycles. The zero-order chi connectivity index (χ0) is 21.0. The van der Waals surface area contributed by atoms with Gasteiger partial charge in [-0.05, 0) is 36.1 Å². The fourth-order valence-electron chi connectivity index (χ4n) is 3.17. The van der Waals surface area contributed by atoms with Crippen molar-refractivity contribution >= 4 is 34.9 Å². The topological polar surface area (TPSA) is 92.8 Å². The number of fused-ring (bicyclic) bond motifs is 1. The van der Waals surface area contributed by atoms with Crippen LogP contribution in [-0.4, -0.2) is 36.7 Å². The van der Waals surface area contributed by atoms with Crippen LogP contribution in [0.2, 0.25) is 0 Å². The van der Waals surface area contributed by atoms with Gasteiger partial charge in [-0.15, -0.1) is 0 Å². The van der Waals surface area contributed by atoms with E-state index < -0.39 is 36.7 Å². The number of hydrogen-bond acceptors (Lipinski definition) is 5. The average Bonchev–Trinajstić information content (AvgIpc) is 2.97. The second kappa shape index (κ2) is 8.68. The number of rotatable bonds is 7. The first-order valence-corrected chi connectivity index (χ1v) is 9.42. The number of carbonyl (C=O) groups excluding carboxylic acids is 4. The second-order valence-electron chi connectivity index (χ2n) is 6.84. The molecule has 1 N–H and O–H groups in total. The molecule has 0 radical (unpaired) electrons. The van der Waals surface area contributed by atoms with E-state index in [1.54, 1.807) is 24.3 Å². The molecule has 1 aliphatic rings. The fourth-order valence-corrected chi connectivity index (χ4v) is 3.17. The van der Waals surface area contributed by atoms with Crippen LogP contribution < -0.4 is 10.2 Å². The van der Waals surface area contributed by atoms with Gasteiger partial charge in [-0.25, -0.2) is 0 Å². The largest absolute Gasteiger partial charge is 0.454 e. The van der Waals surface area contributed by atoms with Crippen LogP contribution in [0, 0.1) is 0 Å². The predicted octanol–water partition coefficient (Wildman–Crippen LogP) is 2.91. The van der Waals surface area contributed by atoms with Gasteiger partial charge >= 0.3 is 5.97 Å². The number of nitrogens with zero attached hydrogens (tertiary/aromatic N) is 1. The minimum atomic E-state index is -0.782. The number of benzene rings is 2. The van der Waals surface area contributed by atoms with Gasteiger partial charge in [0, 0.05) is 5.69 Å². The lowest BCUT2D eigenvalue weighted by atomic mass is 9.97. The van der Waals surface area contributed by atoms with Crippen molar-refractivity contribution in [2.24, 2.45) is 0 Å². The third-order valence-corrected chi connectivity index (χ3v) is 4.91. The summed E-state index contributed by atoms with van der Waals surface area (Å²) in [5, 5.41) is 2.76. The van der Waals surface area contributed by atoms with Crippen LogP contribution in [0.15, 0.2) is 48.5 Å². The summed E-state index contributed by atoms with van der Waals surface area (Å²) in [6.07, 6.45) is 0.923. The molecule has 3 rings (SSSR count). The number of ketones is 1. The van der Waals surface area contributed by atoms with Crippen molar-refractivity contribution in [2.45, 2.75) is 26.2 Å². The van der Waals surface area contributed by atoms with Gasteiger partial charge in [-0.1, -0.05) is 44.2 Å². The van der Waals surface area contributed by atoms with Crippen molar-refractivity contribution in [3.8, 4) is 0 Å². The van der Waals surface area contributed by atoms with Crippen LogP contribution in [0.5, 0.6) is 0 Å². The van der Waals surface area contributed by atoms with E-state index in [4.69, 9.17) is 4.74 Å². The van der Waals surface area contributed by atoms with E-state index in [-0.39, 0.29) is 11.5 Å². The van der Waals surface area contributed by atoms with Crippen LogP contribution in [0.3, 0.4) is 0 Å². The standard InChI is InChI=1S/C22H22N2O5/c1-3-14(2)15-8-4-6-10-17(15)23-19(25)13-29-20(26)12-24-18-11-7-5-9-16(18)21(27)22(24)28/h4-11,14H,3,12-13H2,1-2H3,(H,23,25)/t14-/m0/s1. The number of ether oxygens (including phenoxy) is 1. The van der Waals surface area contributed by atoms with Crippen molar-refractivity contribution in [1.82, 2.24) is 0 Å². The van der Waals surface area contributed by atoms with Gasteiger partial charge in [0.15, 0.2) is 6.61 Å². The lowest BCUT2D eigenvalue weighted by Crippen LogP contribution is -2.36. The molecule has 29 heavy (non-hydrogen) atoms. The number of carbonyl (C=O) groups is 4. The molecule has 0 bridgehead atoms. The molecule has 0 saturated carbocycles. The number of amides is 2. The summed E-state index contributed by atoms with van der Waals surface area (Å²) in [4.78, 5) is 49.5. The van der Waals surface area contributed by atoms with E-state index in [2.05, 4.69) is 19.2 Å². The molecule has 0 aromatic heterocycles. The first kappa shape index (κ1) is 20.3. The van der Waals surface area contributed by atoms with Crippen LogP contribution in [0.1, 0.15) is 42.1 Å². The van der Waals surface area contributed by atoms with Crippen LogP contribution in [0.4, 0.5) is 11.4 Å². The third-order valence-electron chi connectivity index (χ3n) is 4.91. The summed E-state index contributed by atoms with van der Waals surface area (Å²) >= 11 is 0. The molecule has 150 valence electrons. The van der Waals surface area contributed by atoms with Gasteiger partial charge in [-0.2, -0.15) is 0 Å². The summed E-state index contributed by atoms with van der Waals surface area (Å²) in [5.74, 6) is -2.41. The molecule has 2 aromatic carbocycles. The van der Waals surface area contributed by atoms with E-state index in [9.17, 15) is 19.2 Å². The molecular formula is C22H22N2O5. The molecular weight excluding hydrogens is 372 g/mol. The maximum Gasteiger partial charge on any atom is 0.326 e. The molecule has 1 atom stereocenters. The highest BCUT2D eigenvalue weighted by atomic mass is 16.5. The SMILES string of the molecule is CC[C@H](C)c1ccccc1NC(=O)COC(=O)CN1C(=O)C(=O)c2ccccc21. The molecule has 1 heterocycles. The summed E-state index contributed by atoms with van der Waals surface area (Å²) < 4.78 is 5.01. The maximum atomic E-state index is 12.2. The van der Waals surface area contributed by atoms with Gasteiger partial charge in [0.25, 0.3) is 17.6 Å². The summed E-state index contributed by atoms with van der Waals surface area (Å²) in [7, 11) is 0. The molecule has 2 amide bonds. The van der Waals surface area contributed by atoms with Crippen molar-refractivity contribution in [3.05, 3.63) is 59.7 Å². The quantitative estimate of drug-likeness (QED) is 0.576. The Morgan fingerprint density at radius 3 is 2.52 bits per heavy atom. The summed E-state index contributed by atoms with van der Waals surface area (Å²) in [6, 6.07) is 13.9. The number of para-hydroxylation sites is 2. The Kier molecular flexibility index (Phi) is 6.07. The first-order chi connectivity index (χ1) is 13.9. The van der Waals surface area contributed by atoms with Crippen LogP contribution in [-0.2, 0) is 19.1 Å². The second-order valence-corrected chi connectivity index (χ2v) is 6.84. The number of nitrogens with one attached hydrogen (secondary N) is 1. The van der Waals surface area contributed by atoms with E-state index >= 15 is 0 Å². The van der Waals surface area contributed by atoms with Crippen molar-refractivity contribution in [1.29, 1.82) is 0 Å². The van der Waals surface area contributed by atoms with Crippen molar-refractivity contribution in [2.75, 3.05) is 23.4 Å². The van der Waals surface area contributed by atoms with Gasteiger partial charge in [0.2, 0.25) is 0 Å². The van der Waals surface area contributed by atoms with E-state index in [0.29, 0.717) is 11.4 Å². The molecule has 0 aliphatic carbocycles. The number of hydrogen-bond donors (Lipinski definition) is 1. The van der Waals surface area contributed by atoms with E-state index in [1.165, 1.54) is 6.07 Å². The molecule has 0 saturated heterocycles. The van der Waals surface area contributed by atoms with Crippen molar-refractivity contribution < 1.29 is 23.9 Å². The van der Waals surface area contributed by atoms with E-state index in [0.717, 1.165) is 16.9 Å². The summed E-state index contributed by atoms with van der Waals surface area (Å²) in [5.41, 5.74) is 2.31. The van der Waals surface area contributed by atoms with Crippen LogP contribution in [0.25, 0.3) is 0 Å². The molecule has 0 unspecified atom stereocenters. The smallest absolute Gasteiger partial charge is 0.326 e. The zero-order valence-electron chi connectivity index (χ0n) is 16.3. The predicted molar refractivity (Wildman–Crippen MR) is 108 cm³/mol. The minimum absolute atomic E-state index is 0.254. The Morgan fingerprint density at radius 1 is 1.07 bits per heavy atom. The fraction of sp³-hybridized carbons (Fsp3) is 0.273. The highest BCUT2D eigenvalue weighted by Crippen LogP contribution is 2.28. The molecule has 7 nitrogen and oxygen atoms in total. The highest BCUT2D eigenvalue weighted by molar-refractivity contribution is 6.52. The number of Topliss-reactive ketones (excluding diaryl/α,β-unsaturated/α-hetero) is 1. The molecule has 2 aromatic rings. The average molecular weight is 394 g/mol. The van der Waals surface area contributed by atoms with Gasteiger partial charge in [0.05, 0.1) is 11.3 Å². The molecule has 0 spiro atoms. The lowest BCUT2D eigenvalue weighted by molar-refractivity contribution is -0.146. The zero-order valence-corrected chi connectivity index (χ0v) is 16.3. The number of esters is 1. The normalized spacial score (nSPS) is 13.8. The Morgan fingerprint density at radius 2 is 1.76 bits per heavy atom. The first-order valence-electron chi connectivity index (χ1n) is 9.42. The van der Waals surface area contributed by atoms with Gasteiger partial charge < -0.3 is 10.1 Å². The van der Waals surface area contributed by atoms with E-state index in [1.807, 2.05) is 18.2 Å². The lowest BCUT2D eigenvalue weighted by Gasteiger charge is -2.17. The third kappa shape index (κ3) is 4.34. The van der Waals surface area contributed by atoms with Gasteiger partial charge in [-0.3, -0.25) is 24.1 Å². The Bertz CT molecular complexity index is 969. The Hall–Kier alpha value is -3.48. The highest BCUT2D eigenvalue weighted by Gasteiger charge is 2.36. The maximum absolute atomic E-state index is 12.2. The summed E-state index contributed by atoms with van der Waals surface area (Å²) in [6.45, 7) is 3.22. The molecule has 7 heteroatoms. The van der Waals surface area contributed by atoms with Crippen molar-refractivity contribution in [3.63, 3.8) is 0 Å².